The lowest BCUT2D eigenvalue weighted by Crippen LogP contribution is -2.92. The van der Waals surface area contributed by atoms with E-state index in [4.69, 9.17) is 16.0 Å². The molecular weight excluding hydrogens is 416 g/mol. The third-order valence-corrected chi connectivity index (χ3v) is 5.94. The highest BCUT2D eigenvalue weighted by Crippen LogP contribution is 2.28. The van der Waals surface area contributed by atoms with Crippen LogP contribution in [0.5, 0.6) is 0 Å². The Kier molecular flexibility index (Phi) is 5.05. The second-order valence-electron chi connectivity index (χ2n) is 7.45. The second-order valence-corrected chi connectivity index (χ2v) is 7.83. The average molecular weight is 437 g/mol. The van der Waals surface area contributed by atoms with Crippen LogP contribution in [0.25, 0.3) is 5.70 Å². The van der Waals surface area contributed by atoms with E-state index in [1.165, 1.54) is 0 Å². The molecule has 30 heavy (non-hydrogen) atoms. The van der Waals surface area contributed by atoms with Crippen LogP contribution in [0.4, 0.5) is 8.78 Å². The fourth-order valence-corrected chi connectivity index (χ4v) is 4.10. The zero-order valence-corrected chi connectivity index (χ0v) is 16.8. The van der Waals surface area contributed by atoms with Crippen LogP contribution in [-0.2, 0) is 6.54 Å². The molecule has 11 heteroatoms. The molecule has 3 aliphatic rings. The van der Waals surface area contributed by atoms with Gasteiger partial charge in [-0.3, -0.25) is 0 Å². The Bertz CT molecular complexity index is 1030. The van der Waals surface area contributed by atoms with Gasteiger partial charge in [0.05, 0.1) is 16.6 Å². The van der Waals surface area contributed by atoms with Crippen LogP contribution in [0, 0.1) is 11.6 Å². The van der Waals surface area contributed by atoms with Crippen molar-refractivity contribution in [3.05, 3.63) is 63.7 Å². The monoisotopic (exact) mass is 436 g/mol. The Labute approximate surface area is 176 Å². The number of hydrogen-bond acceptors (Lipinski definition) is 7. The van der Waals surface area contributed by atoms with Crippen LogP contribution >= 0.6 is 11.6 Å². The number of allylic oxidation sites excluding steroid dienone is 1. The van der Waals surface area contributed by atoms with Crippen molar-refractivity contribution in [2.75, 3.05) is 26.2 Å². The molecule has 0 spiro atoms. The zero-order valence-electron chi connectivity index (χ0n) is 16.0. The fourth-order valence-electron chi connectivity index (χ4n) is 3.89. The van der Waals surface area contributed by atoms with Crippen molar-refractivity contribution in [1.29, 1.82) is 0 Å². The van der Waals surface area contributed by atoms with Crippen LogP contribution in [0.1, 0.15) is 29.7 Å². The Balaban J connectivity index is 1.42. The van der Waals surface area contributed by atoms with Gasteiger partial charge in [-0.15, -0.1) is 10.2 Å². The number of nitrogens with two attached hydrogens (primary N) is 1. The summed E-state index contributed by atoms with van der Waals surface area (Å²) in [5.74, 6) is 0.867. The number of halogens is 3. The van der Waals surface area contributed by atoms with Crippen molar-refractivity contribution in [1.82, 2.24) is 31.2 Å². The summed E-state index contributed by atoms with van der Waals surface area (Å²) < 4.78 is 34.1. The second kappa shape index (κ2) is 7.86. The third kappa shape index (κ3) is 3.51. The number of rotatable bonds is 4. The van der Waals surface area contributed by atoms with Gasteiger partial charge in [-0.2, -0.15) is 0 Å². The van der Waals surface area contributed by atoms with E-state index in [1.54, 1.807) is 5.43 Å². The van der Waals surface area contributed by atoms with Crippen molar-refractivity contribution in [3.8, 4) is 0 Å². The molecule has 1 fully saturated rings. The largest absolute Gasteiger partial charge is 0.416 e. The highest BCUT2D eigenvalue weighted by atomic mass is 35.5. The Morgan fingerprint density at radius 3 is 2.93 bits per heavy atom. The minimum absolute atomic E-state index is 0.128. The normalized spacial score (nSPS) is 21.2. The molecule has 1 saturated heterocycles. The summed E-state index contributed by atoms with van der Waals surface area (Å²) in [6.07, 6.45) is 2.86. The number of nitrogens with zero attached hydrogens (tertiary/aromatic N) is 3. The first-order valence-corrected chi connectivity index (χ1v) is 10.2. The maximum atomic E-state index is 14.3. The van der Waals surface area contributed by atoms with Crippen molar-refractivity contribution in [2.24, 2.45) is 0 Å². The summed E-state index contributed by atoms with van der Waals surface area (Å²) in [5.41, 5.74) is 6.63. The lowest BCUT2D eigenvalue weighted by molar-refractivity contribution is -0.621. The van der Waals surface area contributed by atoms with Gasteiger partial charge in [0.15, 0.2) is 5.82 Å². The van der Waals surface area contributed by atoms with E-state index in [0.29, 0.717) is 24.9 Å². The molecule has 0 amide bonds. The van der Waals surface area contributed by atoms with E-state index in [-0.39, 0.29) is 23.0 Å². The molecule has 5 N–H and O–H groups in total. The molecule has 0 aliphatic carbocycles. The minimum Gasteiger partial charge on any atom is -0.416 e. The highest BCUT2D eigenvalue weighted by molar-refractivity contribution is 6.31. The summed E-state index contributed by atoms with van der Waals surface area (Å²) >= 11 is 6.03. The molecule has 0 saturated carbocycles. The predicted molar refractivity (Wildman–Crippen MR) is 104 cm³/mol. The lowest BCUT2D eigenvalue weighted by Gasteiger charge is -2.34. The van der Waals surface area contributed by atoms with Crippen LogP contribution in [0.2, 0.25) is 5.02 Å². The molecule has 0 radical (unpaired) electrons. The van der Waals surface area contributed by atoms with Gasteiger partial charge in [-0.25, -0.2) is 19.6 Å². The van der Waals surface area contributed by atoms with Crippen molar-refractivity contribution < 1.29 is 18.6 Å². The highest BCUT2D eigenvalue weighted by Gasteiger charge is 2.30. The molecule has 1 aromatic heterocycles. The topological polar surface area (TPSA) is 94.9 Å². The first kappa shape index (κ1) is 19.3. The van der Waals surface area contributed by atoms with E-state index >= 15 is 0 Å². The SMILES string of the molecule is Fc1ccc(F)c(CN2CCNC3=C2C=C(c2nnc(C4CCNC4)o2)[NH2+]N3)c1Cl. The van der Waals surface area contributed by atoms with Gasteiger partial charge in [0.1, 0.15) is 11.6 Å². The van der Waals surface area contributed by atoms with Gasteiger partial charge in [-0.1, -0.05) is 11.6 Å². The first-order valence-electron chi connectivity index (χ1n) is 9.81. The van der Waals surface area contributed by atoms with Crippen LogP contribution in [0.15, 0.2) is 34.1 Å². The smallest absolute Gasteiger partial charge is 0.305 e. The van der Waals surface area contributed by atoms with Gasteiger partial charge < -0.3 is 20.0 Å². The van der Waals surface area contributed by atoms with E-state index in [9.17, 15) is 8.78 Å². The minimum atomic E-state index is -0.636. The maximum Gasteiger partial charge on any atom is 0.305 e. The average Bonchev–Trinajstić information content (AvgIpc) is 3.45. The number of benzene rings is 1. The summed E-state index contributed by atoms with van der Waals surface area (Å²) in [5, 5.41) is 14.8. The van der Waals surface area contributed by atoms with E-state index in [2.05, 4.69) is 26.3 Å². The summed E-state index contributed by atoms with van der Waals surface area (Å²) in [7, 11) is 0. The molecule has 8 nitrogen and oxygen atoms in total. The van der Waals surface area contributed by atoms with E-state index < -0.39 is 11.6 Å². The molecular formula is C19H21ClF2N7O+. The number of aromatic nitrogens is 2. The molecule has 4 heterocycles. The molecule has 3 aliphatic heterocycles. The van der Waals surface area contributed by atoms with Crippen LogP contribution in [0.3, 0.4) is 0 Å². The van der Waals surface area contributed by atoms with Gasteiger partial charge in [0, 0.05) is 37.8 Å². The summed E-state index contributed by atoms with van der Waals surface area (Å²) in [4.78, 5) is 1.94. The maximum absolute atomic E-state index is 14.3. The number of quaternary nitrogens is 1. The van der Waals surface area contributed by atoms with Gasteiger partial charge in [-0.05, 0) is 25.1 Å². The molecule has 1 aromatic carbocycles. The predicted octanol–water partition coefficient (Wildman–Crippen LogP) is 0.775. The van der Waals surface area contributed by atoms with Crippen LogP contribution in [-0.4, -0.2) is 41.3 Å². The molecule has 158 valence electrons. The Hall–Kier alpha value is -2.69. The molecule has 2 aromatic rings. The zero-order chi connectivity index (χ0) is 20.7. The van der Waals surface area contributed by atoms with E-state index in [0.717, 1.165) is 48.9 Å². The molecule has 1 atom stereocenters. The van der Waals surface area contributed by atoms with Gasteiger partial charge >= 0.3 is 5.89 Å². The Morgan fingerprint density at radius 2 is 2.10 bits per heavy atom. The lowest BCUT2D eigenvalue weighted by atomic mass is 10.1. The van der Waals surface area contributed by atoms with Crippen molar-refractivity contribution >= 4 is 17.3 Å². The molecule has 5 rings (SSSR count). The quantitative estimate of drug-likeness (QED) is 0.415. The number of hydrogen-bond donors (Lipinski definition) is 4. The summed E-state index contributed by atoms with van der Waals surface area (Å²) in [6.45, 7) is 3.15. The first-order chi connectivity index (χ1) is 14.6. The molecule has 0 bridgehead atoms. The van der Waals surface area contributed by atoms with Gasteiger partial charge in [0.25, 0.3) is 0 Å². The fraction of sp³-hybridized carbons (Fsp3) is 0.368. The summed E-state index contributed by atoms with van der Waals surface area (Å²) in [6, 6.07) is 2.13. The van der Waals surface area contributed by atoms with Crippen LogP contribution < -0.4 is 21.5 Å². The standard InChI is InChI=1S/C19H20ClF2N7O/c20-16-11(12(21)1-2-13(16)22)9-29-6-5-24-17-15(29)7-14(25-26-17)19-28-27-18(30-19)10-3-4-23-8-10/h1-2,7,10,23-26H,3-6,8-9H2/p+1. The van der Waals surface area contributed by atoms with E-state index in [1.807, 2.05) is 11.0 Å². The van der Waals surface area contributed by atoms with Crippen molar-refractivity contribution in [3.63, 3.8) is 0 Å². The number of nitrogens with one attached hydrogen (secondary N) is 3. The van der Waals surface area contributed by atoms with Gasteiger partial charge in [0.2, 0.25) is 11.6 Å². The Morgan fingerprint density at radius 1 is 1.23 bits per heavy atom. The third-order valence-electron chi connectivity index (χ3n) is 5.53. The molecule has 1 unspecified atom stereocenters. The van der Waals surface area contributed by atoms with Crippen molar-refractivity contribution in [2.45, 2.75) is 18.9 Å².